The van der Waals surface area contributed by atoms with Gasteiger partial charge < -0.3 is 19.7 Å². The van der Waals surface area contributed by atoms with E-state index in [0.717, 1.165) is 5.56 Å². The third-order valence-electron chi connectivity index (χ3n) is 6.06. The Hall–Kier alpha value is -3.85. The van der Waals surface area contributed by atoms with Crippen LogP contribution in [-0.2, 0) is 4.74 Å². The number of carbonyl (C=O) groups is 1. The van der Waals surface area contributed by atoms with Crippen molar-refractivity contribution in [1.29, 1.82) is 0 Å². The minimum atomic E-state index is -0.480. The second-order valence-corrected chi connectivity index (χ2v) is 9.49. The molecule has 4 aromatic rings. The molecule has 3 aromatic carbocycles. The fourth-order valence-corrected chi connectivity index (χ4v) is 4.39. The van der Waals surface area contributed by atoms with Crippen LogP contribution in [-0.4, -0.2) is 46.9 Å². The number of carbonyl (C=O) groups excluding carboxylic acids is 1. The maximum Gasteiger partial charge on any atom is 0.299 e. The number of nitrogens with zero attached hydrogens (tertiary/aromatic N) is 3. The molecule has 1 aliphatic rings. The quantitative estimate of drug-likeness (QED) is 0.323. The van der Waals surface area contributed by atoms with Gasteiger partial charge in [-0.3, -0.25) is 9.59 Å². The summed E-state index contributed by atoms with van der Waals surface area (Å²) in [6.07, 6.45) is 1.44. The number of aryl methyl sites for hydroxylation is 1. The number of hydrogen-bond acceptors (Lipinski definition) is 6. The molecule has 1 N–H and O–H groups in total. The number of para-hydroxylation sites is 1. The Morgan fingerprint density at radius 1 is 1.00 bits per heavy atom. The largest absolute Gasteiger partial charge is 0.453 e. The molecule has 38 heavy (non-hydrogen) atoms. The molecule has 0 aliphatic carbocycles. The molecule has 0 saturated carbocycles. The molecule has 8 nitrogen and oxygen atoms in total. The zero-order chi connectivity index (χ0) is 26.6. The third-order valence-corrected chi connectivity index (χ3v) is 6.80. The van der Waals surface area contributed by atoms with Crippen molar-refractivity contribution < 1.29 is 14.3 Å². The van der Waals surface area contributed by atoms with Crippen molar-refractivity contribution in [3.63, 3.8) is 0 Å². The molecule has 1 aliphatic heterocycles. The number of morpholine rings is 1. The number of hydrogen-bond donors (Lipinski definition) is 1. The van der Waals surface area contributed by atoms with Crippen molar-refractivity contribution in [2.75, 3.05) is 31.6 Å². The van der Waals surface area contributed by atoms with Crippen LogP contribution in [0.5, 0.6) is 11.5 Å². The summed E-state index contributed by atoms with van der Waals surface area (Å²) in [6.45, 7) is 3.93. The summed E-state index contributed by atoms with van der Waals surface area (Å²) < 4.78 is 12.6. The van der Waals surface area contributed by atoms with Gasteiger partial charge in [0, 0.05) is 29.4 Å². The highest BCUT2D eigenvalue weighted by Crippen LogP contribution is 2.31. The Morgan fingerprint density at radius 3 is 2.55 bits per heavy atom. The number of nitrogens with one attached hydrogen (secondary N) is 1. The molecular weight excluding hydrogens is 527 g/mol. The Balaban J connectivity index is 1.54. The first-order chi connectivity index (χ1) is 18.4. The Kier molecular flexibility index (Phi) is 7.64. The minimum Gasteiger partial charge on any atom is -0.453 e. The zero-order valence-electron chi connectivity index (χ0n) is 20.5. The van der Waals surface area contributed by atoms with E-state index in [9.17, 15) is 9.59 Å². The Labute approximate surface area is 229 Å². The van der Waals surface area contributed by atoms with E-state index in [0.29, 0.717) is 59.0 Å². The van der Waals surface area contributed by atoms with Crippen molar-refractivity contribution >= 4 is 40.5 Å². The fourth-order valence-electron chi connectivity index (χ4n) is 4.06. The predicted octanol–water partition coefficient (Wildman–Crippen LogP) is 5.86. The summed E-state index contributed by atoms with van der Waals surface area (Å²) in [7, 11) is 0. The van der Waals surface area contributed by atoms with E-state index in [1.165, 1.54) is 10.9 Å². The maximum absolute atomic E-state index is 13.7. The van der Waals surface area contributed by atoms with Crippen molar-refractivity contribution in [1.82, 2.24) is 14.7 Å². The summed E-state index contributed by atoms with van der Waals surface area (Å²) in [5, 5.41) is 8.43. The van der Waals surface area contributed by atoms with Gasteiger partial charge in [0.05, 0.1) is 30.1 Å². The second kappa shape index (κ2) is 11.3. The lowest BCUT2D eigenvalue weighted by Gasteiger charge is -2.27. The average Bonchev–Trinajstić information content (AvgIpc) is 2.93. The molecule has 5 rings (SSSR count). The van der Waals surface area contributed by atoms with E-state index in [2.05, 4.69) is 10.4 Å². The topological polar surface area (TPSA) is 85.7 Å². The number of rotatable bonds is 6. The van der Waals surface area contributed by atoms with Gasteiger partial charge in [0.15, 0.2) is 11.4 Å². The smallest absolute Gasteiger partial charge is 0.299 e. The van der Waals surface area contributed by atoms with Gasteiger partial charge in [-0.15, -0.1) is 0 Å². The third kappa shape index (κ3) is 5.52. The summed E-state index contributed by atoms with van der Waals surface area (Å²) in [4.78, 5) is 28.5. The first kappa shape index (κ1) is 25.8. The van der Waals surface area contributed by atoms with Crippen LogP contribution < -0.4 is 15.6 Å². The lowest BCUT2D eigenvalue weighted by atomic mass is 10.1. The number of aromatic nitrogens is 2. The molecule has 0 atom stereocenters. The molecule has 1 fully saturated rings. The van der Waals surface area contributed by atoms with Crippen LogP contribution >= 0.6 is 23.2 Å². The standard InChI is InChI=1S/C28H24Cl2N4O4/c1-18-15-21(9-10-22(18)29)38-25-17-31-34(24-8-3-2-7-23(24)30)28(36)26(25)32-20-6-4-5-19(16-20)27(35)33-11-13-37-14-12-33/h2-10,15-17,32H,11-14H2,1H3. The lowest BCUT2D eigenvalue weighted by molar-refractivity contribution is 0.0303. The number of ether oxygens (including phenoxy) is 2. The monoisotopic (exact) mass is 550 g/mol. The number of amides is 1. The first-order valence-electron chi connectivity index (χ1n) is 12.0. The van der Waals surface area contributed by atoms with Crippen LogP contribution in [0.3, 0.4) is 0 Å². The fraction of sp³-hybridized carbons (Fsp3) is 0.179. The summed E-state index contributed by atoms with van der Waals surface area (Å²) in [5.74, 6) is 0.584. The maximum atomic E-state index is 13.7. The van der Waals surface area contributed by atoms with Gasteiger partial charge in [0.2, 0.25) is 0 Å². The van der Waals surface area contributed by atoms with E-state index >= 15 is 0 Å². The molecule has 0 bridgehead atoms. The van der Waals surface area contributed by atoms with Crippen molar-refractivity contribution in [3.05, 3.63) is 104 Å². The molecule has 1 saturated heterocycles. The van der Waals surface area contributed by atoms with Crippen LogP contribution in [0.2, 0.25) is 10.0 Å². The van der Waals surface area contributed by atoms with Gasteiger partial charge in [0.25, 0.3) is 11.5 Å². The van der Waals surface area contributed by atoms with Crippen LogP contribution in [0.1, 0.15) is 15.9 Å². The highest BCUT2D eigenvalue weighted by atomic mass is 35.5. The minimum absolute atomic E-state index is 0.103. The highest BCUT2D eigenvalue weighted by Gasteiger charge is 2.20. The molecule has 194 valence electrons. The number of benzene rings is 3. The van der Waals surface area contributed by atoms with E-state index in [-0.39, 0.29) is 17.3 Å². The summed E-state index contributed by atoms with van der Waals surface area (Å²) >= 11 is 12.5. The van der Waals surface area contributed by atoms with Gasteiger partial charge in [-0.1, -0.05) is 41.4 Å². The predicted molar refractivity (Wildman–Crippen MR) is 148 cm³/mol. The van der Waals surface area contributed by atoms with Gasteiger partial charge in [-0.2, -0.15) is 9.78 Å². The van der Waals surface area contributed by atoms with Crippen LogP contribution in [0.4, 0.5) is 11.4 Å². The molecule has 1 aromatic heterocycles. The van der Waals surface area contributed by atoms with Crippen molar-refractivity contribution in [2.45, 2.75) is 6.92 Å². The average molecular weight is 551 g/mol. The van der Waals surface area contributed by atoms with Crippen LogP contribution in [0, 0.1) is 6.92 Å². The lowest BCUT2D eigenvalue weighted by Crippen LogP contribution is -2.40. The molecule has 10 heteroatoms. The first-order valence-corrected chi connectivity index (χ1v) is 12.7. The van der Waals surface area contributed by atoms with Gasteiger partial charge in [0.1, 0.15) is 5.75 Å². The van der Waals surface area contributed by atoms with E-state index in [1.54, 1.807) is 71.6 Å². The van der Waals surface area contributed by atoms with Crippen molar-refractivity contribution in [2.24, 2.45) is 0 Å². The van der Waals surface area contributed by atoms with Gasteiger partial charge in [-0.05, 0) is 61.0 Å². The zero-order valence-corrected chi connectivity index (χ0v) is 22.0. The van der Waals surface area contributed by atoms with E-state index in [1.807, 2.05) is 6.92 Å². The summed E-state index contributed by atoms with van der Waals surface area (Å²) in [6, 6.07) is 19.1. The van der Waals surface area contributed by atoms with Gasteiger partial charge in [-0.25, -0.2) is 0 Å². The number of anilines is 2. The SMILES string of the molecule is Cc1cc(Oc2cnn(-c3ccccc3Cl)c(=O)c2Nc2cccc(C(=O)N3CCOCC3)c2)ccc1Cl. The molecule has 2 heterocycles. The van der Waals surface area contributed by atoms with E-state index in [4.69, 9.17) is 32.7 Å². The molecular formula is C28H24Cl2N4O4. The molecule has 0 spiro atoms. The Bertz CT molecular complexity index is 1550. The summed E-state index contributed by atoms with van der Waals surface area (Å²) in [5.41, 5.74) is 1.93. The van der Waals surface area contributed by atoms with Crippen molar-refractivity contribution in [3.8, 4) is 17.2 Å². The normalized spacial score (nSPS) is 13.3. The molecule has 0 radical (unpaired) electrons. The Morgan fingerprint density at radius 2 is 1.79 bits per heavy atom. The molecule has 1 amide bonds. The van der Waals surface area contributed by atoms with Crippen LogP contribution in [0.15, 0.2) is 77.7 Å². The van der Waals surface area contributed by atoms with Crippen LogP contribution in [0.25, 0.3) is 5.69 Å². The van der Waals surface area contributed by atoms with Gasteiger partial charge >= 0.3 is 0 Å². The van der Waals surface area contributed by atoms with E-state index < -0.39 is 5.56 Å². The molecule has 0 unspecified atom stereocenters. The number of halogens is 2. The highest BCUT2D eigenvalue weighted by molar-refractivity contribution is 6.32. The second-order valence-electron chi connectivity index (χ2n) is 8.68.